The lowest BCUT2D eigenvalue weighted by Gasteiger charge is -2.16. The Morgan fingerprint density at radius 1 is 1.50 bits per heavy atom. The first kappa shape index (κ1) is 12.6. The maximum atomic E-state index is 10.8. The quantitative estimate of drug-likeness (QED) is 0.503. The van der Waals surface area contributed by atoms with Gasteiger partial charge in [-0.1, -0.05) is 12.1 Å². The summed E-state index contributed by atoms with van der Waals surface area (Å²) in [5.74, 6) is 0. The average molecular weight is 226 g/mol. The van der Waals surface area contributed by atoms with E-state index in [4.69, 9.17) is 5.73 Å². The fourth-order valence-corrected chi connectivity index (χ4v) is 1.51. The van der Waals surface area contributed by atoms with Crippen LogP contribution in [0.4, 0.5) is 5.69 Å². The smallest absolute Gasteiger partial charge is 0.278 e. The molecule has 1 rings (SSSR count). The van der Waals surface area contributed by atoms with Crippen LogP contribution >= 0.6 is 0 Å². The Morgan fingerprint density at radius 3 is 2.62 bits per heavy atom. The van der Waals surface area contributed by atoms with Crippen molar-refractivity contribution in [2.75, 3.05) is 6.54 Å². The number of nitro groups is 1. The molecule has 0 bridgehead atoms. The molecule has 2 unspecified atom stereocenters. The molecular weight excluding hydrogens is 212 g/mol. The van der Waals surface area contributed by atoms with Crippen molar-refractivity contribution in [2.24, 2.45) is 5.73 Å². The first-order chi connectivity index (χ1) is 7.49. The first-order valence-corrected chi connectivity index (χ1v) is 4.79. The molecule has 4 N–H and O–H groups in total. The molecule has 2 atom stereocenters. The Balaban J connectivity index is 3.22. The van der Waals surface area contributed by atoms with E-state index < -0.39 is 17.1 Å². The fourth-order valence-electron chi connectivity index (χ4n) is 1.51. The van der Waals surface area contributed by atoms with Gasteiger partial charge in [0.05, 0.1) is 16.6 Å². The summed E-state index contributed by atoms with van der Waals surface area (Å²) in [6.45, 7) is 1.41. The van der Waals surface area contributed by atoms with Crippen LogP contribution in [0.5, 0.6) is 0 Å². The standard InChI is InChI=1S/C10H14N2O4/c1-6-3-2-4-7(9(6)12(15)16)10(14)8(13)5-11/h2-4,8,10,13-14H,5,11H2,1H3. The van der Waals surface area contributed by atoms with Crippen molar-refractivity contribution in [1.82, 2.24) is 0 Å². The van der Waals surface area contributed by atoms with E-state index in [1.165, 1.54) is 6.07 Å². The summed E-state index contributed by atoms with van der Waals surface area (Å²) in [6, 6.07) is 4.57. The van der Waals surface area contributed by atoms with Gasteiger partial charge in [0.2, 0.25) is 0 Å². The van der Waals surface area contributed by atoms with Crippen LogP contribution in [0.3, 0.4) is 0 Å². The summed E-state index contributed by atoms with van der Waals surface area (Å²) in [6.07, 6.45) is -2.55. The summed E-state index contributed by atoms with van der Waals surface area (Å²) >= 11 is 0. The van der Waals surface area contributed by atoms with E-state index in [1.54, 1.807) is 19.1 Å². The predicted octanol–water partition coefficient (Wildman–Crippen LogP) is 0.256. The van der Waals surface area contributed by atoms with Crippen molar-refractivity contribution in [3.8, 4) is 0 Å². The highest BCUT2D eigenvalue weighted by molar-refractivity contribution is 5.48. The van der Waals surface area contributed by atoms with Gasteiger partial charge in [-0.05, 0) is 13.0 Å². The van der Waals surface area contributed by atoms with Crippen molar-refractivity contribution in [3.05, 3.63) is 39.4 Å². The van der Waals surface area contributed by atoms with Gasteiger partial charge in [-0.3, -0.25) is 10.1 Å². The van der Waals surface area contributed by atoms with Crippen molar-refractivity contribution in [2.45, 2.75) is 19.1 Å². The minimum Gasteiger partial charge on any atom is -0.389 e. The van der Waals surface area contributed by atoms with E-state index in [2.05, 4.69) is 0 Å². The summed E-state index contributed by atoms with van der Waals surface area (Å²) in [5.41, 5.74) is 5.54. The summed E-state index contributed by atoms with van der Waals surface area (Å²) in [7, 11) is 0. The molecule has 0 heterocycles. The topological polar surface area (TPSA) is 110 Å². The van der Waals surface area contributed by atoms with Gasteiger partial charge in [-0.2, -0.15) is 0 Å². The SMILES string of the molecule is Cc1cccc(C(O)C(O)CN)c1[N+](=O)[O-]. The van der Waals surface area contributed by atoms with Gasteiger partial charge in [0.1, 0.15) is 6.10 Å². The molecule has 0 aliphatic carbocycles. The third-order valence-electron chi connectivity index (χ3n) is 2.38. The maximum absolute atomic E-state index is 10.8. The van der Waals surface area contributed by atoms with Crippen LogP contribution in [-0.2, 0) is 0 Å². The Kier molecular flexibility index (Phi) is 3.94. The number of benzene rings is 1. The molecule has 0 fully saturated rings. The third-order valence-corrected chi connectivity index (χ3v) is 2.38. The second-order valence-corrected chi connectivity index (χ2v) is 3.52. The number of aryl methyl sites for hydroxylation is 1. The van der Waals surface area contributed by atoms with Gasteiger partial charge in [-0.25, -0.2) is 0 Å². The molecule has 0 saturated heterocycles. The highest BCUT2D eigenvalue weighted by Gasteiger charge is 2.26. The van der Waals surface area contributed by atoms with Gasteiger partial charge in [0.15, 0.2) is 0 Å². The van der Waals surface area contributed by atoms with Crippen LogP contribution in [0.2, 0.25) is 0 Å². The molecule has 1 aromatic rings. The molecule has 0 aliphatic heterocycles. The van der Waals surface area contributed by atoms with Gasteiger partial charge in [0.25, 0.3) is 5.69 Å². The number of nitrogens with two attached hydrogens (primary N) is 1. The normalized spacial score (nSPS) is 14.5. The number of nitro benzene ring substituents is 1. The van der Waals surface area contributed by atoms with E-state index in [1.807, 2.05) is 0 Å². The molecule has 0 aliphatic rings. The van der Waals surface area contributed by atoms with Crippen molar-refractivity contribution < 1.29 is 15.1 Å². The second-order valence-electron chi connectivity index (χ2n) is 3.52. The van der Waals surface area contributed by atoms with Crippen LogP contribution in [0, 0.1) is 17.0 Å². The van der Waals surface area contributed by atoms with Crippen molar-refractivity contribution >= 4 is 5.69 Å². The maximum Gasteiger partial charge on any atom is 0.278 e. The van der Waals surface area contributed by atoms with Crippen molar-refractivity contribution in [3.63, 3.8) is 0 Å². The van der Waals surface area contributed by atoms with E-state index in [9.17, 15) is 20.3 Å². The fraction of sp³-hybridized carbons (Fsp3) is 0.400. The number of hydrogen-bond acceptors (Lipinski definition) is 5. The summed E-state index contributed by atoms with van der Waals surface area (Å²) in [5, 5.41) is 29.9. The summed E-state index contributed by atoms with van der Waals surface area (Å²) < 4.78 is 0. The van der Waals surface area contributed by atoms with E-state index in [-0.39, 0.29) is 17.8 Å². The van der Waals surface area contributed by atoms with Gasteiger partial charge < -0.3 is 15.9 Å². The van der Waals surface area contributed by atoms with Crippen LogP contribution < -0.4 is 5.73 Å². The average Bonchev–Trinajstić information content (AvgIpc) is 2.26. The Hall–Kier alpha value is -1.50. The molecule has 6 nitrogen and oxygen atoms in total. The molecule has 6 heteroatoms. The minimum atomic E-state index is -1.34. The monoisotopic (exact) mass is 226 g/mol. The van der Waals surface area contributed by atoms with Crippen LogP contribution in [-0.4, -0.2) is 27.8 Å². The lowest BCUT2D eigenvalue weighted by molar-refractivity contribution is -0.386. The molecule has 0 aromatic heterocycles. The molecule has 0 radical (unpaired) electrons. The number of aliphatic hydroxyl groups excluding tert-OH is 2. The van der Waals surface area contributed by atoms with E-state index >= 15 is 0 Å². The highest BCUT2D eigenvalue weighted by atomic mass is 16.6. The van der Waals surface area contributed by atoms with Gasteiger partial charge in [0, 0.05) is 12.1 Å². The molecule has 0 amide bonds. The lowest BCUT2D eigenvalue weighted by atomic mass is 10.00. The van der Waals surface area contributed by atoms with Crippen molar-refractivity contribution in [1.29, 1.82) is 0 Å². The summed E-state index contributed by atoms with van der Waals surface area (Å²) in [4.78, 5) is 10.3. The molecule has 0 spiro atoms. The Morgan fingerprint density at radius 2 is 2.12 bits per heavy atom. The van der Waals surface area contributed by atoms with Crippen LogP contribution in [0.15, 0.2) is 18.2 Å². The molecule has 16 heavy (non-hydrogen) atoms. The number of para-hydroxylation sites is 1. The highest BCUT2D eigenvalue weighted by Crippen LogP contribution is 2.29. The zero-order chi connectivity index (χ0) is 12.3. The zero-order valence-corrected chi connectivity index (χ0v) is 8.83. The molecular formula is C10H14N2O4. The molecule has 0 saturated carbocycles. The first-order valence-electron chi connectivity index (χ1n) is 4.79. The van der Waals surface area contributed by atoms with Gasteiger partial charge in [-0.15, -0.1) is 0 Å². The second kappa shape index (κ2) is 5.02. The number of nitrogens with zero attached hydrogens (tertiary/aromatic N) is 1. The Bertz CT molecular complexity index is 394. The largest absolute Gasteiger partial charge is 0.389 e. The van der Waals surface area contributed by atoms with Crippen LogP contribution in [0.1, 0.15) is 17.2 Å². The van der Waals surface area contributed by atoms with E-state index in [0.717, 1.165) is 0 Å². The minimum absolute atomic E-state index is 0.0861. The number of aliphatic hydroxyl groups is 2. The van der Waals surface area contributed by atoms with Crippen LogP contribution in [0.25, 0.3) is 0 Å². The predicted molar refractivity (Wildman–Crippen MR) is 57.9 cm³/mol. The lowest BCUT2D eigenvalue weighted by Crippen LogP contribution is -2.27. The zero-order valence-electron chi connectivity index (χ0n) is 8.83. The third kappa shape index (κ3) is 2.35. The number of rotatable bonds is 4. The number of hydrogen-bond donors (Lipinski definition) is 3. The Labute approximate surface area is 92.5 Å². The molecule has 1 aromatic carbocycles. The molecule has 88 valence electrons. The van der Waals surface area contributed by atoms with Gasteiger partial charge >= 0.3 is 0 Å². The van der Waals surface area contributed by atoms with E-state index in [0.29, 0.717) is 5.56 Å².